The van der Waals surface area contributed by atoms with Gasteiger partial charge in [0.05, 0.1) is 0 Å². The maximum Gasteiger partial charge on any atom is 0.314 e. The van der Waals surface area contributed by atoms with Crippen LogP contribution in [0.15, 0.2) is 0 Å². The van der Waals surface area contributed by atoms with E-state index >= 15 is 0 Å². The summed E-state index contributed by atoms with van der Waals surface area (Å²) in [6, 6.07) is 0. The molecule has 4 heteroatoms. The van der Waals surface area contributed by atoms with Gasteiger partial charge in [-0.2, -0.15) is 0 Å². The number of rotatable bonds is 14. The lowest BCUT2D eigenvalue weighted by Crippen LogP contribution is -1.77. The van der Waals surface area contributed by atoms with Crippen LogP contribution in [-0.2, 0) is 4.57 Å². The van der Waals surface area contributed by atoms with Gasteiger partial charge in [-0.1, -0.05) is 130 Å². The molecule has 0 aliphatic rings. The van der Waals surface area contributed by atoms with Crippen molar-refractivity contribution in [1.29, 1.82) is 0 Å². The largest absolute Gasteiger partial charge is 0.326 e. The van der Waals surface area contributed by atoms with Crippen molar-refractivity contribution in [2.75, 3.05) is 0 Å². The molecule has 24 heavy (non-hydrogen) atoms. The van der Waals surface area contributed by atoms with Crippen LogP contribution in [-0.4, -0.2) is 9.79 Å². The van der Waals surface area contributed by atoms with Crippen LogP contribution in [0.3, 0.4) is 0 Å². The maximum absolute atomic E-state index is 8.74. The summed E-state index contributed by atoms with van der Waals surface area (Å²) < 4.78 is 8.74. The molecule has 0 rings (SSSR count). The molecule has 0 aromatic rings. The zero-order chi connectivity index (χ0) is 18.9. The summed E-state index contributed by atoms with van der Waals surface area (Å²) in [7, 11) is -3.13. The summed E-state index contributed by atoms with van der Waals surface area (Å²) in [5, 5.41) is 0. The van der Waals surface area contributed by atoms with E-state index in [0.717, 1.165) is 0 Å². The monoisotopic (exact) mass is 366 g/mol. The molecule has 0 saturated carbocycles. The Morgan fingerprint density at radius 1 is 0.458 bits per heavy atom. The Kier molecular flexibility index (Phi) is 37.3. The summed E-state index contributed by atoms with van der Waals surface area (Å²) in [4.78, 5) is 14.3. The van der Waals surface area contributed by atoms with Crippen LogP contribution in [0.1, 0.15) is 130 Å². The van der Waals surface area contributed by atoms with Crippen molar-refractivity contribution in [2.24, 2.45) is 0 Å². The minimum Gasteiger partial charge on any atom is -0.326 e. The third kappa shape index (κ3) is 49.5. The quantitative estimate of drug-likeness (QED) is 0.245. The highest BCUT2D eigenvalue weighted by atomic mass is 31.1. The Bertz CT molecular complexity index is 175. The molecular formula is C20H47O3P. The summed E-state index contributed by atoms with van der Waals surface area (Å²) in [5.41, 5.74) is 0. The molecule has 0 unspecified atom stereocenters. The lowest BCUT2D eigenvalue weighted by molar-refractivity contribution is 0.405. The van der Waals surface area contributed by atoms with E-state index in [1.165, 1.54) is 103 Å². The van der Waals surface area contributed by atoms with Crippen molar-refractivity contribution < 1.29 is 14.4 Å². The summed E-state index contributed by atoms with van der Waals surface area (Å²) in [6.45, 7) is 9.08. The predicted octanol–water partition coefficient (Wildman–Crippen LogP) is 7.65. The Balaban J connectivity index is -0.000000301. The minimum atomic E-state index is -3.13. The first kappa shape index (κ1) is 28.9. The molecule has 0 saturated heterocycles. The molecule has 0 amide bonds. The second-order valence-electron chi connectivity index (χ2n) is 6.53. The molecule has 0 atom stereocenters. The molecule has 0 aliphatic carbocycles. The van der Waals surface area contributed by atoms with E-state index < -0.39 is 8.25 Å². The van der Waals surface area contributed by atoms with Crippen LogP contribution < -0.4 is 0 Å². The van der Waals surface area contributed by atoms with Crippen molar-refractivity contribution in [2.45, 2.75) is 130 Å². The van der Waals surface area contributed by atoms with Gasteiger partial charge in [0.25, 0.3) is 0 Å². The molecule has 2 N–H and O–H groups in total. The van der Waals surface area contributed by atoms with E-state index in [-0.39, 0.29) is 0 Å². The Labute approximate surface area is 153 Å². The fourth-order valence-corrected chi connectivity index (χ4v) is 2.41. The van der Waals surface area contributed by atoms with Gasteiger partial charge >= 0.3 is 8.25 Å². The maximum atomic E-state index is 8.74. The molecule has 0 spiro atoms. The lowest BCUT2D eigenvalue weighted by Gasteiger charge is -1.97. The lowest BCUT2D eigenvalue weighted by atomic mass is 10.1. The number of unbranched alkanes of at least 4 members (excludes halogenated alkanes) is 14. The van der Waals surface area contributed by atoms with Gasteiger partial charge in [0.1, 0.15) is 0 Å². The molecule has 0 radical (unpaired) electrons. The highest BCUT2D eigenvalue weighted by Crippen LogP contribution is 2.08. The van der Waals surface area contributed by atoms with E-state index in [1.807, 2.05) is 0 Å². The third-order valence-corrected chi connectivity index (χ3v) is 3.91. The molecule has 0 aromatic carbocycles. The Hall–Kier alpha value is 0.150. The van der Waals surface area contributed by atoms with Crippen molar-refractivity contribution in [3.63, 3.8) is 0 Å². The molecular weight excluding hydrogens is 319 g/mol. The van der Waals surface area contributed by atoms with E-state index in [9.17, 15) is 0 Å². The van der Waals surface area contributed by atoms with Gasteiger partial charge in [-0.3, -0.25) is 4.57 Å². The summed E-state index contributed by atoms with van der Waals surface area (Å²) in [6.07, 6.45) is 22.9. The van der Waals surface area contributed by atoms with E-state index in [4.69, 9.17) is 14.4 Å². The first-order valence-electron chi connectivity index (χ1n) is 10.5. The van der Waals surface area contributed by atoms with Crippen LogP contribution in [0.4, 0.5) is 0 Å². The van der Waals surface area contributed by atoms with Gasteiger partial charge in [0.15, 0.2) is 0 Å². The van der Waals surface area contributed by atoms with E-state index in [2.05, 4.69) is 27.7 Å². The molecule has 150 valence electrons. The molecule has 0 fully saturated rings. The van der Waals surface area contributed by atoms with Crippen LogP contribution in [0.25, 0.3) is 0 Å². The first-order valence-corrected chi connectivity index (χ1v) is 11.8. The zero-order valence-corrected chi connectivity index (χ0v) is 18.1. The van der Waals surface area contributed by atoms with Gasteiger partial charge in [-0.05, 0) is 0 Å². The fourth-order valence-electron chi connectivity index (χ4n) is 2.41. The van der Waals surface area contributed by atoms with Gasteiger partial charge in [0, 0.05) is 0 Å². The number of hydrogen-bond donors (Lipinski definition) is 2. The minimum absolute atomic E-state index is 1.37. The number of hydrogen-bond acceptors (Lipinski definition) is 1. The van der Waals surface area contributed by atoms with Crippen LogP contribution in [0.5, 0.6) is 0 Å². The highest BCUT2D eigenvalue weighted by molar-refractivity contribution is 7.30. The molecule has 3 nitrogen and oxygen atoms in total. The van der Waals surface area contributed by atoms with Crippen LogP contribution in [0.2, 0.25) is 0 Å². The normalized spacial score (nSPS) is 9.96. The average Bonchev–Trinajstić information content (AvgIpc) is 2.54. The predicted molar refractivity (Wildman–Crippen MR) is 110 cm³/mol. The Morgan fingerprint density at radius 3 is 0.708 bits per heavy atom. The summed E-state index contributed by atoms with van der Waals surface area (Å²) >= 11 is 0. The van der Waals surface area contributed by atoms with E-state index in [1.54, 1.807) is 0 Å². The third-order valence-electron chi connectivity index (χ3n) is 3.91. The zero-order valence-electron chi connectivity index (χ0n) is 17.1. The fraction of sp³-hybridized carbons (Fsp3) is 1.00. The SMILES string of the molecule is CCCCCCCCCC.CCCCCCCCCC.O=[PH](O)O. The van der Waals surface area contributed by atoms with E-state index in [0.29, 0.717) is 0 Å². The summed E-state index contributed by atoms with van der Waals surface area (Å²) in [5.74, 6) is 0. The van der Waals surface area contributed by atoms with Crippen molar-refractivity contribution >= 4 is 8.25 Å². The van der Waals surface area contributed by atoms with Crippen LogP contribution in [0, 0.1) is 0 Å². The standard InChI is InChI=1S/2C10H22.H3O3P/c2*1-3-5-7-9-10-8-6-4-2;1-4(2)3/h2*3-10H2,1-2H3;4H,(H2,1,2,3). The Morgan fingerprint density at radius 2 is 0.583 bits per heavy atom. The average molecular weight is 367 g/mol. The van der Waals surface area contributed by atoms with Crippen molar-refractivity contribution in [1.82, 2.24) is 0 Å². The van der Waals surface area contributed by atoms with Crippen molar-refractivity contribution in [3.8, 4) is 0 Å². The van der Waals surface area contributed by atoms with Gasteiger partial charge in [0.2, 0.25) is 0 Å². The van der Waals surface area contributed by atoms with Crippen molar-refractivity contribution in [3.05, 3.63) is 0 Å². The topological polar surface area (TPSA) is 57.5 Å². The van der Waals surface area contributed by atoms with Crippen LogP contribution >= 0.6 is 8.25 Å². The molecule has 0 heterocycles. The highest BCUT2D eigenvalue weighted by Gasteiger charge is 1.88. The second kappa shape index (κ2) is 31.0. The molecule has 0 bridgehead atoms. The smallest absolute Gasteiger partial charge is 0.314 e. The van der Waals surface area contributed by atoms with Gasteiger partial charge in [-0.15, -0.1) is 0 Å². The van der Waals surface area contributed by atoms with Gasteiger partial charge < -0.3 is 9.79 Å². The molecule has 0 aromatic heterocycles. The first-order chi connectivity index (χ1) is 11.6. The second-order valence-corrected chi connectivity index (χ2v) is 7.09. The van der Waals surface area contributed by atoms with Gasteiger partial charge in [-0.25, -0.2) is 0 Å². The molecule has 0 aliphatic heterocycles.